The predicted octanol–water partition coefficient (Wildman–Crippen LogP) is 2.35. The van der Waals surface area contributed by atoms with E-state index in [1.54, 1.807) is 0 Å². The van der Waals surface area contributed by atoms with Crippen molar-refractivity contribution in [1.29, 1.82) is 0 Å². The van der Waals surface area contributed by atoms with E-state index < -0.39 is 24.1 Å². The molecular weight excluding hydrogens is 300 g/mol. The topological polar surface area (TPSA) is 93.1 Å². The van der Waals surface area contributed by atoms with E-state index in [1.807, 2.05) is 0 Å². The van der Waals surface area contributed by atoms with Gasteiger partial charge in [0.1, 0.15) is 0 Å². The monoisotopic (exact) mass is 326 g/mol. The van der Waals surface area contributed by atoms with Gasteiger partial charge in [-0.15, -0.1) is 0 Å². The van der Waals surface area contributed by atoms with Crippen molar-refractivity contribution in [1.82, 2.24) is 0 Å². The van der Waals surface area contributed by atoms with Crippen LogP contribution in [-0.2, 0) is 19.4 Å². The quantitative estimate of drug-likeness (QED) is 0.460. The summed E-state index contributed by atoms with van der Waals surface area (Å²) in [6.07, 6.45) is 3.89. The van der Waals surface area contributed by atoms with Crippen LogP contribution in [0.3, 0.4) is 0 Å². The van der Waals surface area contributed by atoms with Crippen molar-refractivity contribution < 1.29 is 29.6 Å². The smallest absolute Gasteiger partial charge is 0.382 e. The second-order valence-corrected chi connectivity index (χ2v) is 5.98. The lowest BCUT2D eigenvalue weighted by Gasteiger charge is -2.23. The van der Waals surface area contributed by atoms with Crippen LogP contribution < -0.4 is 0 Å². The molecule has 6 nitrogen and oxygen atoms in total. The Bertz CT molecular complexity index is 463. The van der Waals surface area contributed by atoms with Crippen molar-refractivity contribution >= 4 is 11.9 Å². The van der Waals surface area contributed by atoms with Gasteiger partial charge in [0.2, 0.25) is 0 Å². The van der Waals surface area contributed by atoms with Crippen molar-refractivity contribution in [2.24, 2.45) is 0 Å². The minimum Gasteiger partial charge on any atom is -0.389 e. The van der Waals surface area contributed by atoms with Crippen molar-refractivity contribution in [2.75, 3.05) is 0 Å². The Kier molecular flexibility index (Phi) is 7.98. The highest BCUT2D eigenvalue weighted by Gasteiger charge is 2.26. The zero-order valence-corrected chi connectivity index (χ0v) is 13.8. The van der Waals surface area contributed by atoms with E-state index in [1.165, 1.54) is 13.8 Å². The zero-order valence-electron chi connectivity index (χ0n) is 13.8. The maximum atomic E-state index is 12.0. The molecule has 6 heteroatoms. The second kappa shape index (κ2) is 9.47. The van der Waals surface area contributed by atoms with E-state index in [-0.39, 0.29) is 16.7 Å². The van der Waals surface area contributed by atoms with Gasteiger partial charge < -0.3 is 10.2 Å². The zero-order chi connectivity index (χ0) is 17.4. The molecule has 0 aromatic carbocycles. The molecule has 0 aromatic rings. The summed E-state index contributed by atoms with van der Waals surface area (Å²) in [7, 11) is 0. The summed E-state index contributed by atoms with van der Waals surface area (Å²) in [4.78, 5) is 32.1. The Morgan fingerprint density at radius 1 is 0.913 bits per heavy atom. The van der Waals surface area contributed by atoms with Gasteiger partial charge in [-0.3, -0.25) is 0 Å². The fourth-order valence-corrected chi connectivity index (χ4v) is 2.57. The molecule has 23 heavy (non-hydrogen) atoms. The maximum Gasteiger partial charge on any atom is 0.382 e. The molecular formula is C17H26O6. The van der Waals surface area contributed by atoms with E-state index in [0.29, 0.717) is 12.8 Å². The summed E-state index contributed by atoms with van der Waals surface area (Å²) in [5.74, 6) is -1.74. The molecule has 2 N–H and O–H groups in total. The van der Waals surface area contributed by atoms with Gasteiger partial charge in [-0.2, -0.15) is 0 Å². The molecule has 0 aliphatic heterocycles. The summed E-state index contributed by atoms with van der Waals surface area (Å²) >= 11 is 0. The van der Waals surface area contributed by atoms with Gasteiger partial charge >= 0.3 is 11.9 Å². The lowest BCUT2D eigenvalue weighted by molar-refractivity contribution is -0.252. The Labute approximate surface area is 136 Å². The van der Waals surface area contributed by atoms with Crippen LogP contribution in [0.2, 0.25) is 0 Å². The first-order chi connectivity index (χ1) is 10.8. The largest absolute Gasteiger partial charge is 0.389 e. The van der Waals surface area contributed by atoms with Gasteiger partial charge in [0.05, 0.1) is 12.2 Å². The minimum absolute atomic E-state index is 0.0695. The van der Waals surface area contributed by atoms with Gasteiger partial charge in [-0.25, -0.2) is 19.4 Å². The summed E-state index contributed by atoms with van der Waals surface area (Å²) < 4.78 is 0. The maximum absolute atomic E-state index is 12.0. The number of hydrogen-bond acceptors (Lipinski definition) is 6. The molecule has 0 heterocycles. The molecule has 0 spiro atoms. The average molecular weight is 326 g/mol. The third-order valence-corrected chi connectivity index (χ3v) is 3.95. The van der Waals surface area contributed by atoms with Gasteiger partial charge in [0, 0.05) is 11.1 Å². The molecule has 1 rings (SSSR count). The van der Waals surface area contributed by atoms with Crippen LogP contribution in [0, 0.1) is 0 Å². The fourth-order valence-electron chi connectivity index (χ4n) is 2.57. The molecule has 0 saturated heterocycles. The normalized spacial score (nSPS) is 22.9. The highest BCUT2D eigenvalue weighted by molar-refractivity contribution is 5.91. The third-order valence-electron chi connectivity index (χ3n) is 3.95. The highest BCUT2D eigenvalue weighted by Crippen LogP contribution is 2.25. The Morgan fingerprint density at radius 2 is 1.35 bits per heavy atom. The summed E-state index contributed by atoms with van der Waals surface area (Å²) in [5, 5.41) is 20.6. The fraction of sp³-hybridized carbons (Fsp3) is 0.647. The molecule has 0 radical (unpaired) electrons. The van der Waals surface area contributed by atoms with E-state index in [9.17, 15) is 19.8 Å². The van der Waals surface area contributed by atoms with Gasteiger partial charge in [0.25, 0.3) is 0 Å². The van der Waals surface area contributed by atoms with Gasteiger partial charge in [-0.1, -0.05) is 38.7 Å². The van der Waals surface area contributed by atoms with Crippen LogP contribution in [0.4, 0.5) is 0 Å². The Balaban J connectivity index is 2.87. The molecule has 0 bridgehead atoms. The van der Waals surface area contributed by atoms with Gasteiger partial charge in [-0.05, 0) is 32.3 Å². The summed E-state index contributed by atoms with van der Waals surface area (Å²) in [6, 6.07) is 0. The molecule has 2 atom stereocenters. The third kappa shape index (κ3) is 6.15. The van der Waals surface area contributed by atoms with E-state index in [0.717, 1.165) is 32.1 Å². The average Bonchev–Trinajstić information content (AvgIpc) is 2.50. The predicted molar refractivity (Wildman–Crippen MR) is 84.0 cm³/mol. The second-order valence-electron chi connectivity index (χ2n) is 5.98. The minimum atomic E-state index is -0.910. The molecule has 1 aliphatic carbocycles. The van der Waals surface area contributed by atoms with Crippen LogP contribution in [-0.4, -0.2) is 34.4 Å². The van der Waals surface area contributed by atoms with Crippen LogP contribution in [0.15, 0.2) is 23.3 Å². The van der Waals surface area contributed by atoms with Crippen LogP contribution >= 0.6 is 0 Å². The summed E-state index contributed by atoms with van der Waals surface area (Å²) in [5.41, 5.74) is 0.422. The molecule has 0 amide bonds. The van der Waals surface area contributed by atoms with Crippen molar-refractivity contribution in [3.8, 4) is 0 Å². The summed E-state index contributed by atoms with van der Waals surface area (Å²) in [6.45, 7) is 6.25. The van der Waals surface area contributed by atoms with Crippen LogP contribution in [0.5, 0.6) is 0 Å². The molecule has 1 saturated carbocycles. The number of aliphatic hydroxyl groups excluding tert-OH is 2. The van der Waals surface area contributed by atoms with Crippen molar-refractivity contribution in [3.05, 3.63) is 23.3 Å². The van der Waals surface area contributed by atoms with E-state index in [2.05, 4.69) is 16.4 Å². The number of aliphatic hydroxyl groups is 2. The SMILES string of the molecule is C=C(C)C(=O)OOC(=O)C(C)=C1C(O)CCCCCCCC1O. The standard InChI is InChI=1S/C17H26O6/c1-11(2)16(20)22-23-17(21)12(3)15-13(18)9-7-5-4-6-8-10-14(15)19/h13-14,18-19H,1,4-10H2,2-3H3. The first-order valence-corrected chi connectivity index (χ1v) is 8.00. The van der Waals surface area contributed by atoms with Gasteiger partial charge in [0.15, 0.2) is 0 Å². The van der Waals surface area contributed by atoms with Crippen molar-refractivity contribution in [3.63, 3.8) is 0 Å². The van der Waals surface area contributed by atoms with Crippen LogP contribution in [0.25, 0.3) is 0 Å². The first-order valence-electron chi connectivity index (χ1n) is 8.00. The Morgan fingerprint density at radius 3 is 1.83 bits per heavy atom. The molecule has 0 aromatic heterocycles. The van der Waals surface area contributed by atoms with Crippen molar-refractivity contribution in [2.45, 2.75) is 71.0 Å². The molecule has 2 unspecified atom stereocenters. The number of rotatable bonds is 2. The molecule has 130 valence electrons. The Hall–Kier alpha value is -1.66. The number of carbonyl (C=O) groups is 2. The van der Waals surface area contributed by atoms with E-state index in [4.69, 9.17) is 0 Å². The molecule has 1 fully saturated rings. The lowest BCUT2D eigenvalue weighted by Crippen LogP contribution is -2.27. The van der Waals surface area contributed by atoms with E-state index >= 15 is 0 Å². The molecule has 1 aliphatic rings. The first kappa shape index (κ1) is 19.4. The highest BCUT2D eigenvalue weighted by atomic mass is 17.2. The lowest BCUT2D eigenvalue weighted by atomic mass is 9.89. The van der Waals surface area contributed by atoms with Crippen LogP contribution in [0.1, 0.15) is 58.8 Å². The number of hydrogen-bond donors (Lipinski definition) is 2. The number of carbonyl (C=O) groups excluding carboxylic acids is 2.